The van der Waals surface area contributed by atoms with Gasteiger partial charge in [-0.05, 0) is 49.6 Å². The Morgan fingerprint density at radius 3 is 2.71 bits per heavy atom. The molecular weight excluding hydrogens is 311 g/mol. The molecule has 1 heterocycles. The van der Waals surface area contributed by atoms with Crippen LogP contribution in [0.3, 0.4) is 0 Å². The van der Waals surface area contributed by atoms with Crippen LogP contribution in [0.15, 0.2) is 24.3 Å². The van der Waals surface area contributed by atoms with E-state index in [0.29, 0.717) is 29.2 Å². The number of carbonyl (C=O) groups is 1. The number of anilines is 3. The minimum atomic E-state index is -0.586. The molecule has 7 heteroatoms. The van der Waals surface area contributed by atoms with Crippen LogP contribution < -0.4 is 16.4 Å². The second-order valence-electron chi connectivity index (χ2n) is 5.31. The predicted molar refractivity (Wildman–Crippen MR) is 92.5 cm³/mol. The molecule has 128 valence electrons. The van der Waals surface area contributed by atoms with E-state index in [2.05, 4.69) is 15.6 Å². The van der Waals surface area contributed by atoms with Crippen molar-refractivity contribution in [1.29, 1.82) is 0 Å². The summed E-state index contributed by atoms with van der Waals surface area (Å²) in [5.74, 6) is 0.498. The van der Waals surface area contributed by atoms with Crippen molar-refractivity contribution < 1.29 is 13.9 Å². The van der Waals surface area contributed by atoms with Gasteiger partial charge in [-0.2, -0.15) is 0 Å². The van der Waals surface area contributed by atoms with Crippen LogP contribution in [0.1, 0.15) is 23.6 Å². The molecule has 2 rings (SSSR count). The van der Waals surface area contributed by atoms with Gasteiger partial charge in [0.2, 0.25) is 0 Å². The highest BCUT2D eigenvalue weighted by molar-refractivity contribution is 5.88. The molecule has 1 aromatic heterocycles. The third-order valence-corrected chi connectivity index (χ3v) is 3.59. The number of nitrogens with two attached hydrogens (primary N) is 1. The Morgan fingerprint density at radius 1 is 1.29 bits per heavy atom. The van der Waals surface area contributed by atoms with E-state index >= 15 is 0 Å². The van der Waals surface area contributed by atoms with Gasteiger partial charge in [-0.3, -0.25) is 5.32 Å². The minimum absolute atomic E-state index is 0.167. The molecule has 0 aliphatic rings. The number of hydrogen-bond donors (Lipinski definition) is 3. The Labute approximate surface area is 140 Å². The molecule has 2 aromatic rings. The van der Waals surface area contributed by atoms with Crippen molar-refractivity contribution in [2.45, 2.75) is 27.3 Å². The van der Waals surface area contributed by atoms with Crippen molar-refractivity contribution in [2.75, 3.05) is 23.0 Å². The molecule has 0 spiro atoms. The molecule has 24 heavy (non-hydrogen) atoms. The average molecular weight is 332 g/mol. The lowest BCUT2D eigenvalue weighted by atomic mass is 10.0. The van der Waals surface area contributed by atoms with Gasteiger partial charge in [0.15, 0.2) is 0 Å². The normalized spacial score (nSPS) is 10.3. The first-order valence-corrected chi connectivity index (χ1v) is 7.61. The number of benzene rings is 1. The molecular formula is C17H21FN4O2. The number of carbonyl (C=O) groups excluding carboxylic acids is 1. The maximum atomic E-state index is 13.9. The zero-order chi connectivity index (χ0) is 17.7. The first-order chi connectivity index (χ1) is 11.4. The molecule has 1 amide bonds. The summed E-state index contributed by atoms with van der Waals surface area (Å²) in [5, 5.41) is 5.60. The van der Waals surface area contributed by atoms with E-state index in [-0.39, 0.29) is 18.2 Å². The highest BCUT2D eigenvalue weighted by Gasteiger charge is 2.09. The third kappa shape index (κ3) is 4.13. The third-order valence-electron chi connectivity index (χ3n) is 3.59. The van der Waals surface area contributed by atoms with Crippen molar-refractivity contribution in [3.05, 3.63) is 46.8 Å². The van der Waals surface area contributed by atoms with Crippen molar-refractivity contribution in [3.63, 3.8) is 0 Å². The van der Waals surface area contributed by atoms with Crippen LogP contribution in [0.4, 0.5) is 26.5 Å². The number of nitrogen functional groups attached to an aromatic ring is 1. The molecule has 0 saturated heterocycles. The van der Waals surface area contributed by atoms with Gasteiger partial charge in [0, 0.05) is 6.54 Å². The highest BCUT2D eigenvalue weighted by atomic mass is 19.1. The summed E-state index contributed by atoms with van der Waals surface area (Å²) in [5.41, 5.74) is 8.27. The van der Waals surface area contributed by atoms with E-state index in [1.165, 1.54) is 0 Å². The first kappa shape index (κ1) is 17.5. The number of aromatic nitrogens is 1. The molecule has 0 saturated carbocycles. The molecule has 0 aliphatic carbocycles. The van der Waals surface area contributed by atoms with Crippen LogP contribution in [-0.4, -0.2) is 17.7 Å². The van der Waals surface area contributed by atoms with Crippen LogP contribution in [0.25, 0.3) is 0 Å². The fraction of sp³-hybridized carbons (Fsp3) is 0.294. The van der Waals surface area contributed by atoms with E-state index in [9.17, 15) is 9.18 Å². The summed E-state index contributed by atoms with van der Waals surface area (Å²) in [6, 6.07) is 6.93. The second kappa shape index (κ2) is 7.63. The monoisotopic (exact) mass is 332 g/mol. The Morgan fingerprint density at radius 2 is 2.04 bits per heavy atom. The Kier molecular flexibility index (Phi) is 5.57. The fourth-order valence-electron chi connectivity index (χ4n) is 2.19. The number of rotatable bonds is 5. The molecule has 0 atom stereocenters. The van der Waals surface area contributed by atoms with E-state index in [4.69, 9.17) is 10.5 Å². The summed E-state index contributed by atoms with van der Waals surface area (Å²) >= 11 is 0. The molecule has 6 nitrogen and oxygen atoms in total. The van der Waals surface area contributed by atoms with Gasteiger partial charge in [-0.15, -0.1) is 0 Å². The second-order valence-corrected chi connectivity index (χ2v) is 5.31. The number of nitrogens with zero attached hydrogens (tertiary/aromatic N) is 1. The van der Waals surface area contributed by atoms with Gasteiger partial charge < -0.3 is 15.8 Å². The van der Waals surface area contributed by atoms with Crippen molar-refractivity contribution >= 4 is 23.4 Å². The zero-order valence-electron chi connectivity index (χ0n) is 13.9. The van der Waals surface area contributed by atoms with Gasteiger partial charge in [0.1, 0.15) is 17.5 Å². The maximum Gasteiger partial charge on any atom is 0.411 e. The highest BCUT2D eigenvalue weighted by Crippen LogP contribution is 2.21. The van der Waals surface area contributed by atoms with Crippen LogP contribution in [0.5, 0.6) is 0 Å². The van der Waals surface area contributed by atoms with Gasteiger partial charge >= 0.3 is 6.09 Å². The number of pyridine rings is 1. The van der Waals surface area contributed by atoms with Crippen LogP contribution in [-0.2, 0) is 11.3 Å². The summed E-state index contributed by atoms with van der Waals surface area (Å²) in [6.45, 7) is 5.88. The number of ether oxygens (including phenoxy) is 1. The molecule has 1 aromatic carbocycles. The quantitative estimate of drug-likeness (QED) is 0.778. The Hall–Kier alpha value is -2.83. The summed E-state index contributed by atoms with van der Waals surface area (Å²) < 4.78 is 18.7. The minimum Gasteiger partial charge on any atom is -0.450 e. The van der Waals surface area contributed by atoms with Crippen LogP contribution in [0.2, 0.25) is 0 Å². The zero-order valence-corrected chi connectivity index (χ0v) is 13.9. The van der Waals surface area contributed by atoms with Crippen LogP contribution in [0, 0.1) is 19.7 Å². The van der Waals surface area contributed by atoms with Crippen LogP contribution >= 0.6 is 0 Å². The van der Waals surface area contributed by atoms with E-state index < -0.39 is 6.09 Å². The molecule has 0 radical (unpaired) electrons. The number of amides is 1. The van der Waals surface area contributed by atoms with E-state index in [1.54, 1.807) is 39.0 Å². The SMILES string of the molecule is CCOC(=O)Nc1ccc(NCc2ccc(C)c(F)c2C)nc1N. The molecule has 0 aliphatic heterocycles. The largest absolute Gasteiger partial charge is 0.450 e. The maximum absolute atomic E-state index is 13.9. The Bertz CT molecular complexity index is 750. The van der Waals surface area contributed by atoms with Gasteiger partial charge in [-0.25, -0.2) is 14.2 Å². The predicted octanol–water partition coefficient (Wildman–Crippen LogP) is 3.60. The molecule has 0 unspecified atom stereocenters. The molecule has 4 N–H and O–H groups in total. The first-order valence-electron chi connectivity index (χ1n) is 7.61. The summed E-state index contributed by atoms with van der Waals surface area (Å²) in [6.07, 6.45) is -0.586. The number of nitrogens with one attached hydrogen (secondary N) is 2. The Balaban J connectivity index is 2.05. The topological polar surface area (TPSA) is 89.3 Å². The summed E-state index contributed by atoms with van der Waals surface area (Å²) in [7, 11) is 0. The van der Waals surface area contributed by atoms with E-state index in [1.807, 2.05) is 6.07 Å². The number of halogens is 1. The lowest BCUT2D eigenvalue weighted by molar-refractivity contribution is 0.168. The van der Waals surface area contributed by atoms with E-state index in [0.717, 1.165) is 5.56 Å². The molecule has 0 fully saturated rings. The number of hydrogen-bond acceptors (Lipinski definition) is 5. The molecule has 0 bridgehead atoms. The van der Waals surface area contributed by atoms with Crippen molar-refractivity contribution in [1.82, 2.24) is 4.98 Å². The van der Waals surface area contributed by atoms with Crippen molar-refractivity contribution in [2.24, 2.45) is 0 Å². The van der Waals surface area contributed by atoms with Crippen molar-refractivity contribution in [3.8, 4) is 0 Å². The van der Waals surface area contributed by atoms with Gasteiger partial charge in [0.05, 0.1) is 12.3 Å². The average Bonchev–Trinajstić information content (AvgIpc) is 2.54. The van der Waals surface area contributed by atoms with Gasteiger partial charge in [-0.1, -0.05) is 12.1 Å². The smallest absolute Gasteiger partial charge is 0.411 e. The van der Waals surface area contributed by atoms with Gasteiger partial charge in [0.25, 0.3) is 0 Å². The lowest BCUT2D eigenvalue weighted by Crippen LogP contribution is -2.15. The standard InChI is InChI=1S/C17H21FN4O2/c1-4-24-17(23)21-13-7-8-14(22-16(13)19)20-9-12-6-5-10(2)15(18)11(12)3/h5-8H,4,9H2,1-3H3,(H,21,23)(H3,19,20,22). The summed E-state index contributed by atoms with van der Waals surface area (Å²) in [4.78, 5) is 15.6. The fourth-order valence-corrected chi connectivity index (χ4v) is 2.19. The lowest BCUT2D eigenvalue weighted by Gasteiger charge is -2.12. The number of aryl methyl sites for hydroxylation is 1.